The minimum atomic E-state index is -4.64. The Morgan fingerprint density at radius 3 is 2.27 bits per heavy atom. The van der Waals surface area contributed by atoms with Crippen molar-refractivity contribution in [1.29, 1.82) is 0 Å². The van der Waals surface area contributed by atoms with E-state index in [0.29, 0.717) is 5.56 Å². The van der Waals surface area contributed by atoms with Crippen molar-refractivity contribution in [2.45, 2.75) is 20.0 Å². The van der Waals surface area contributed by atoms with Crippen LogP contribution in [0, 0.1) is 13.8 Å². The predicted molar refractivity (Wildman–Crippen MR) is 71.3 cm³/mol. The Labute approximate surface area is 123 Å². The summed E-state index contributed by atoms with van der Waals surface area (Å²) in [4.78, 5) is 3.35. The van der Waals surface area contributed by atoms with Crippen LogP contribution in [0.4, 0.5) is 13.2 Å². The molecule has 0 unspecified atom stereocenters. The molecule has 0 saturated carbocycles. The topological polar surface area (TPSA) is 56.7 Å². The first kappa shape index (κ1) is 14.3. The van der Waals surface area contributed by atoms with Gasteiger partial charge in [-0.1, -0.05) is 5.16 Å². The molecule has 22 heavy (non-hydrogen) atoms. The normalized spacial score (nSPS) is 11.9. The number of nitrogens with zero attached hydrogens (tertiary/aromatic N) is 4. The van der Waals surface area contributed by atoms with Crippen LogP contribution in [0.25, 0.3) is 17.1 Å². The highest BCUT2D eigenvalue weighted by molar-refractivity contribution is 5.56. The van der Waals surface area contributed by atoms with E-state index in [2.05, 4.69) is 19.8 Å². The second-order valence-corrected chi connectivity index (χ2v) is 4.81. The highest BCUT2D eigenvalue weighted by Crippen LogP contribution is 2.29. The fourth-order valence-electron chi connectivity index (χ4n) is 2.10. The second-order valence-electron chi connectivity index (χ2n) is 4.81. The maximum Gasteiger partial charge on any atom is 0.471 e. The molecule has 0 bridgehead atoms. The third kappa shape index (κ3) is 2.59. The molecule has 0 aliphatic heterocycles. The van der Waals surface area contributed by atoms with Gasteiger partial charge >= 0.3 is 12.1 Å². The summed E-state index contributed by atoms with van der Waals surface area (Å²) in [5.74, 6) is -1.46. The maximum atomic E-state index is 12.4. The van der Waals surface area contributed by atoms with E-state index in [1.54, 1.807) is 28.9 Å². The van der Waals surface area contributed by atoms with Gasteiger partial charge in [0.2, 0.25) is 5.82 Å². The predicted octanol–water partition coefficient (Wildman–Crippen LogP) is 3.56. The molecule has 0 atom stereocenters. The van der Waals surface area contributed by atoms with Crippen LogP contribution in [0.3, 0.4) is 0 Å². The van der Waals surface area contributed by atoms with Crippen LogP contribution in [0.15, 0.2) is 34.9 Å². The van der Waals surface area contributed by atoms with E-state index >= 15 is 0 Å². The SMILES string of the molecule is Cc1cc(C)n(-c2ccc(-c3noc(C(F)(F)F)n3)cc2)n1. The molecule has 3 aromatic rings. The molecular weight excluding hydrogens is 297 g/mol. The van der Waals surface area contributed by atoms with Gasteiger partial charge in [0.05, 0.1) is 11.4 Å². The van der Waals surface area contributed by atoms with Gasteiger partial charge in [-0.05, 0) is 44.2 Å². The van der Waals surface area contributed by atoms with Gasteiger partial charge in [-0.25, -0.2) is 4.68 Å². The summed E-state index contributed by atoms with van der Waals surface area (Å²) in [6.45, 7) is 3.80. The molecule has 0 radical (unpaired) electrons. The number of aryl methyl sites for hydroxylation is 2. The quantitative estimate of drug-likeness (QED) is 0.726. The standard InChI is InChI=1S/C14H11F3N4O/c1-8-7-9(2)21(19-8)11-5-3-10(4-6-11)12-18-13(22-20-12)14(15,16)17/h3-7H,1-2H3. The van der Waals surface area contributed by atoms with E-state index in [4.69, 9.17) is 0 Å². The number of hydrogen-bond acceptors (Lipinski definition) is 4. The van der Waals surface area contributed by atoms with Crippen molar-refractivity contribution in [3.63, 3.8) is 0 Å². The van der Waals surface area contributed by atoms with Gasteiger partial charge in [0, 0.05) is 11.3 Å². The minimum absolute atomic E-state index is 0.104. The van der Waals surface area contributed by atoms with Crippen molar-refractivity contribution in [3.05, 3.63) is 47.6 Å². The number of alkyl halides is 3. The zero-order valence-electron chi connectivity index (χ0n) is 11.7. The molecule has 0 aliphatic carbocycles. The Morgan fingerprint density at radius 1 is 1.09 bits per heavy atom. The van der Waals surface area contributed by atoms with Gasteiger partial charge in [-0.3, -0.25) is 0 Å². The molecule has 0 spiro atoms. The van der Waals surface area contributed by atoms with E-state index < -0.39 is 12.1 Å². The highest BCUT2D eigenvalue weighted by atomic mass is 19.4. The van der Waals surface area contributed by atoms with E-state index in [9.17, 15) is 13.2 Å². The summed E-state index contributed by atoms with van der Waals surface area (Å²) in [6.07, 6.45) is -4.64. The van der Waals surface area contributed by atoms with Crippen LogP contribution in [0.2, 0.25) is 0 Å². The summed E-state index contributed by atoms with van der Waals surface area (Å²) < 4.78 is 43.3. The van der Waals surface area contributed by atoms with Crippen LogP contribution in [0.1, 0.15) is 17.3 Å². The van der Waals surface area contributed by atoms with Crippen LogP contribution < -0.4 is 0 Å². The van der Waals surface area contributed by atoms with Gasteiger partial charge in [0.1, 0.15) is 0 Å². The van der Waals surface area contributed by atoms with E-state index in [0.717, 1.165) is 17.1 Å². The molecule has 2 aromatic heterocycles. The van der Waals surface area contributed by atoms with Crippen molar-refractivity contribution in [2.75, 3.05) is 0 Å². The zero-order chi connectivity index (χ0) is 15.9. The van der Waals surface area contributed by atoms with Gasteiger partial charge < -0.3 is 4.52 Å². The molecular formula is C14H11F3N4O. The van der Waals surface area contributed by atoms with E-state index in [1.807, 2.05) is 19.9 Å². The smallest absolute Gasteiger partial charge is 0.329 e. The molecule has 3 rings (SSSR count). The Bertz CT molecular complexity index is 802. The lowest BCUT2D eigenvalue weighted by Gasteiger charge is -2.04. The van der Waals surface area contributed by atoms with Gasteiger partial charge in [0.15, 0.2) is 0 Å². The molecule has 0 fully saturated rings. The minimum Gasteiger partial charge on any atom is -0.329 e. The van der Waals surface area contributed by atoms with Crippen LogP contribution >= 0.6 is 0 Å². The molecule has 8 heteroatoms. The highest BCUT2D eigenvalue weighted by Gasteiger charge is 2.38. The number of aromatic nitrogens is 4. The molecule has 1 aromatic carbocycles. The Morgan fingerprint density at radius 2 is 1.77 bits per heavy atom. The van der Waals surface area contributed by atoms with Crippen LogP contribution in [-0.4, -0.2) is 19.9 Å². The second kappa shape index (κ2) is 4.97. The summed E-state index contributed by atoms with van der Waals surface area (Å²) in [5, 5.41) is 7.69. The van der Waals surface area contributed by atoms with Crippen LogP contribution in [0.5, 0.6) is 0 Å². The number of rotatable bonds is 2. The molecule has 0 amide bonds. The number of benzene rings is 1. The molecule has 0 saturated heterocycles. The fourth-order valence-corrected chi connectivity index (χ4v) is 2.10. The summed E-state index contributed by atoms with van der Waals surface area (Å²) in [5.41, 5.74) is 3.08. The Kier molecular flexibility index (Phi) is 3.23. The third-order valence-corrected chi connectivity index (χ3v) is 3.05. The van der Waals surface area contributed by atoms with Gasteiger partial charge in [-0.15, -0.1) is 0 Å². The lowest BCUT2D eigenvalue weighted by Crippen LogP contribution is -2.04. The largest absolute Gasteiger partial charge is 0.471 e. The molecule has 114 valence electrons. The van der Waals surface area contributed by atoms with Crippen molar-refractivity contribution in [1.82, 2.24) is 19.9 Å². The number of hydrogen-bond donors (Lipinski definition) is 0. The third-order valence-electron chi connectivity index (χ3n) is 3.05. The van der Waals surface area contributed by atoms with E-state index in [1.165, 1.54) is 0 Å². The average Bonchev–Trinajstić information content (AvgIpc) is 3.05. The zero-order valence-corrected chi connectivity index (χ0v) is 11.7. The maximum absolute atomic E-state index is 12.4. The lowest BCUT2D eigenvalue weighted by molar-refractivity contribution is -0.159. The van der Waals surface area contributed by atoms with Crippen molar-refractivity contribution >= 4 is 0 Å². The van der Waals surface area contributed by atoms with Crippen molar-refractivity contribution in [2.24, 2.45) is 0 Å². The lowest BCUT2D eigenvalue weighted by atomic mass is 10.2. The molecule has 0 N–H and O–H groups in total. The summed E-state index contributed by atoms with van der Waals surface area (Å²) in [6, 6.07) is 8.65. The summed E-state index contributed by atoms with van der Waals surface area (Å²) >= 11 is 0. The first-order chi connectivity index (χ1) is 10.3. The monoisotopic (exact) mass is 308 g/mol. The molecule has 0 aliphatic rings. The molecule has 2 heterocycles. The first-order valence-corrected chi connectivity index (χ1v) is 6.39. The van der Waals surface area contributed by atoms with Crippen LogP contribution in [-0.2, 0) is 6.18 Å². The Balaban J connectivity index is 1.91. The summed E-state index contributed by atoms with van der Waals surface area (Å²) in [7, 11) is 0. The van der Waals surface area contributed by atoms with Crippen molar-refractivity contribution < 1.29 is 17.7 Å². The van der Waals surface area contributed by atoms with E-state index in [-0.39, 0.29) is 5.82 Å². The van der Waals surface area contributed by atoms with Gasteiger partial charge in [-0.2, -0.15) is 23.3 Å². The fraction of sp³-hybridized carbons (Fsp3) is 0.214. The Hall–Kier alpha value is -2.64. The molecule has 5 nitrogen and oxygen atoms in total. The first-order valence-electron chi connectivity index (χ1n) is 6.39. The van der Waals surface area contributed by atoms with Crippen molar-refractivity contribution in [3.8, 4) is 17.1 Å². The number of halogens is 3. The average molecular weight is 308 g/mol. The van der Waals surface area contributed by atoms with Gasteiger partial charge in [0.25, 0.3) is 0 Å².